The van der Waals surface area contributed by atoms with E-state index in [0.29, 0.717) is 5.56 Å². The third-order valence-electron chi connectivity index (χ3n) is 10.9. The van der Waals surface area contributed by atoms with E-state index < -0.39 is 194 Å². The van der Waals surface area contributed by atoms with Gasteiger partial charge in [0, 0.05) is 19.3 Å². The van der Waals surface area contributed by atoms with Crippen molar-refractivity contribution in [3.8, 4) is 0 Å². The van der Waals surface area contributed by atoms with Gasteiger partial charge in [-0.3, -0.25) is 62.3 Å². The van der Waals surface area contributed by atoms with E-state index in [0.717, 1.165) is 13.8 Å². The van der Waals surface area contributed by atoms with Crippen molar-refractivity contribution in [2.24, 2.45) is 28.9 Å². The number of nitrogens with one attached hydrogen (secondary N) is 8. The van der Waals surface area contributed by atoms with E-state index >= 15 is 0 Å². The zero-order valence-corrected chi connectivity index (χ0v) is 40.9. The molecule has 0 spiro atoms. The third kappa shape index (κ3) is 23.3. The van der Waals surface area contributed by atoms with Crippen molar-refractivity contribution in [2.45, 2.75) is 146 Å². The molecule has 1 aromatic carbocycles. The molecule has 0 unspecified atom stereocenters. The Bertz CT molecular complexity index is 2230. The molecule has 0 aliphatic carbocycles. The van der Waals surface area contributed by atoms with Crippen LogP contribution in [0.3, 0.4) is 0 Å². The molecular weight excluding hydrogens is 985 g/mol. The summed E-state index contributed by atoms with van der Waals surface area (Å²) in [6.45, 7) is 5.19. The molecule has 20 N–H and O–H groups in total. The smallest absolute Gasteiger partial charge is 0.326 e. The van der Waals surface area contributed by atoms with Gasteiger partial charge in [0.05, 0.1) is 31.4 Å². The number of aliphatic hydroxyl groups is 1. The van der Waals surface area contributed by atoms with Crippen molar-refractivity contribution in [3.63, 3.8) is 0 Å². The number of rotatable bonds is 34. The number of aliphatic carboxylic acids is 3. The molecule has 0 saturated carbocycles. The lowest BCUT2D eigenvalue weighted by molar-refractivity contribution is -0.144. The molecule has 30 heteroatoms. The Kier molecular flexibility index (Phi) is 26.9. The minimum absolute atomic E-state index is 0.136. The van der Waals surface area contributed by atoms with Crippen molar-refractivity contribution >= 4 is 82.9 Å². The van der Waals surface area contributed by atoms with Gasteiger partial charge >= 0.3 is 17.9 Å². The van der Waals surface area contributed by atoms with Crippen molar-refractivity contribution < 1.29 is 87.5 Å². The number of carboxylic acid groups (broad SMARTS) is 3. The minimum atomic E-state index is -1.96. The van der Waals surface area contributed by atoms with Crippen LogP contribution >= 0.6 is 0 Å². The standard InChI is InChI=1S/C44H66N12O18/c1-5-19(2)34(42(71)56-35(21(4)57)43(72)53-27(18-33(63)64)40(69)54-28(44(73)74)15-22-9-7-6-8-10-22)55-41(70)26(17-31(48)60)52-39(68)24(11-13-29(46)58)50-36(65)20(3)49-38(67)25(12-14-32(61)62)51-37(66)23(45)16-30(47)59/h6-10,19-21,23-28,34-35,57H,5,11-18,45H2,1-4H3,(H2,46,58)(H2,47,59)(H2,48,60)(H,49,67)(H,50,65)(H,51,66)(H,52,68)(H,53,72)(H,54,69)(H,55,70)(H,56,71)(H,61,62)(H,63,64)(H,73,74)/t19-,20+,21+,23+,24+,25-,26-,27-,28-,34-,35-/m0/s1. The van der Waals surface area contributed by atoms with E-state index in [4.69, 9.17) is 28.0 Å². The number of hydrogen-bond donors (Lipinski definition) is 16. The maximum Gasteiger partial charge on any atom is 0.326 e. The van der Waals surface area contributed by atoms with Crippen LogP contribution < -0.4 is 65.5 Å². The quantitative estimate of drug-likeness (QED) is 0.0305. The van der Waals surface area contributed by atoms with Gasteiger partial charge in [0.2, 0.25) is 65.0 Å². The lowest BCUT2D eigenvalue weighted by atomic mass is 9.96. The predicted molar refractivity (Wildman–Crippen MR) is 253 cm³/mol. The Labute approximate surface area is 422 Å². The molecule has 0 bridgehead atoms. The SMILES string of the molecule is CC[C@H](C)[C@H](NC(=O)[C@H](CC(N)=O)NC(=O)[C@@H](CCC(N)=O)NC(=O)[C@@H](C)NC(=O)[C@H](CCC(=O)O)NC(=O)[C@H](N)CC(N)=O)C(=O)N[C@H](C(=O)N[C@@H](CC(=O)O)C(=O)N[C@@H](Cc1ccccc1)C(=O)O)[C@@H](C)O. The summed E-state index contributed by atoms with van der Waals surface area (Å²) in [4.78, 5) is 178. The highest BCUT2D eigenvalue weighted by molar-refractivity contribution is 6.00. The lowest BCUT2D eigenvalue weighted by Crippen LogP contribution is -2.63. The monoisotopic (exact) mass is 1050 g/mol. The van der Waals surface area contributed by atoms with Crippen LogP contribution in [0.4, 0.5) is 0 Å². The zero-order chi connectivity index (χ0) is 56.6. The predicted octanol–water partition coefficient (Wildman–Crippen LogP) is -6.68. The van der Waals surface area contributed by atoms with Crippen molar-refractivity contribution in [1.29, 1.82) is 0 Å². The summed E-state index contributed by atoms with van der Waals surface area (Å²) in [6, 6.07) is -7.47. The summed E-state index contributed by atoms with van der Waals surface area (Å²) in [7, 11) is 0. The Morgan fingerprint density at radius 2 is 0.932 bits per heavy atom. The molecule has 0 saturated heterocycles. The van der Waals surface area contributed by atoms with Crippen LogP contribution in [-0.4, -0.2) is 164 Å². The van der Waals surface area contributed by atoms with Crippen molar-refractivity contribution in [2.75, 3.05) is 0 Å². The number of hydrogen-bond acceptors (Lipinski definition) is 16. The molecule has 0 aliphatic heterocycles. The van der Waals surface area contributed by atoms with Gasteiger partial charge in [-0.15, -0.1) is 0 Å². The van der Waals surface area contributed by atoms with Gasteiger partial charge in [0.15, 0.2) is 0 Å². The highest BCUT2D eigenvalue weighted by Crippen LogP contribution is 2.12. The van der Waals surface area contributed by atoms with E-state index in [9.17, 15) is 82.4 Å². The normalized spacial score (nSPS) is 15.3. The fourth-order valence-electron chi connectivity index (χ4n) is 6.61. The number of carboxylic acids is 3. The average Bonchev–Trinajstić information content (AvgIpc) is 3.30. The summed E-state index contributed by atoms with van der Waals surface area (Å²) < 4.78 is 0. The van der Waals surface area contributed by atoms with Gasteiger partial charge in [-0.25, -0.2) is 4.79 Å². The topological polar surface area (TPSA) is 520 Å². The number of amides is 11. The summed E-state index contributed by atoms with van der Waals surface area (Å²) >= 11 is 0. The van der Waals surface area contributed by atoms with E-state index in [-0.39, 0.29) is 12.8 Å². The molecule has 11 atom stereocenters. The highest BCUT2D eigenvalue weighted by atomic mass is 16.4. The molecule has 0 heterocycles. The van der Waals surface area contributed by atoms with Gasteiger partial charge in [0.25, 0.3) is 0 Å². The second-order valence-electron chi connectivity index (χ2n) is 17.1. The van der Waals surface area contributed by atoms with Crippen LogP contribution in [0, 0.1) is 5.92 Å². The van der Waals surface area contributed by atoms with Gasteiger partial charge in [-0.05, 0) is 38.2 Å². The third-order valence-corrected chi connectivity index (χ3v) is 10.9. The molecule has 30 nitrogen and oxygen atoms in total. The fraction of sp³-hybridized carbons (Fsp3) is 0.545. The number of carbonyl (C=O) groups excluding carboxylic acids is 11. The summed E-state index contributed by atoms with van der Waals surface area (Å²) in [6.07, 6.45) is -6.80. The Hall–Kier alpha value is -8.28. The van der Waals surface area contributed by atoms with E-state index in [2.05, 4.69) is 42.5 Å². The van der Waals surface area contributed by atoms with Crippen LogP contribution in [0.5, 0.6) is 0 Å². The molecule has 0 aliphatic rings. The molecule has 0 radical (unpaired) electrons. The van der Waals surface area contributed by atoms with Gasteiger partial charge in [0.1, 0.15) is 48.3 Å². The van der Waals surface area contributed by atoms with Crippen LogP contribution in [0.1, 0.15) is 84.6 Å². The van der Waals surface area contributed by atoms with Crippen molar-refractivity contribution in [1.82, 2.24) is 42.5 Å². The van der Waals surface area contributed by atoms with Crippen LogP contribution in [-0.2, 0) is 73.5 Å². The highest BCUT2D eigenvalue weighted by Gasteiger charge is 2.38. The maximum absolute atomic E-state index is 13.9. The first-order valence-electron chi connectivity index (χ1n) is 22.9. The molecule has 0 fully saturated rings. The number of benzene rings is 1. The average molecular weight is 1050 g/mol. The Balaban J connectivity index is 3.37. The first-order chi connectivity index (χ1) is 34.5. The molecule has 0 aromatic heterocycles. The van der Waals surface area contributed by atoms with E-state index in [1.807, 2.05) is 0 Å². The van der Waals surface area contributed by atoms with Gasteiger partial charge in [-0.2, -0.15) is 0 Å². The molecule has 74 heavy (non-hydrogen) atoms. The fourth-order valence-corrected chi connectivity index (χ4v) is 6.61. The Morgan fingerprint density at radius 1 is 0.486 bits per heavy atom. The molecular formula is C44H66N12O18. The van der Waals surface area contributed by atoms with E-state index in [1.54, 1.807) is 37.3 Å². The second-order valence-corrected chi connectivity index (χ2v) is 17.1. The summed E-state index contributed by atoms with van der Waals surface area (Å²) in [5.41, 5.74) is 21.8. The summed E-state index contributed by atoms with van der Waals surface area (Å²) in [5.74, 6) is -17.9. The lowest BCUT2D eigenvalue weighted by Gasteiger charge is -2.30. The van der Waals surface area contributed by atoms with Gasteiger partial charge in [-0.1, -0.05) is 50.6 Å². The van der Waals surface area contributed by atoms with Crippen LogP contribution in [0.15, 0.2) is 30.3 Å². The number of primary amides is 3. The number of carbonyl (C=O) groups is 14. The van der Waals surface area contributed by atoms with Crippen LogP contribution in [0.2, 0.25) is 0 Å². The van der Waals surface area contributed by atoms with E-state index in [1.165, 1.54) is 6.92 Å². The number of aliphatic hydroxyl groups excluding tert-OH is 1. The zero-order valence-electron chi connectivity index (χ0n) is 40.9. The van der Waals surface area contributed by atoms with Gasteiger partial charge < -0.3 is 85.9 Å². The number of nitrogens with two attached hydrogens (primary N) is 4. The minimum Gasteiger partial charge on any atom is -0.481 e. The maximum atomic E-state index is 13.9. The molecule has 410 valence electrons. The van der Waals surface area contributed by atoms with Crippen LogP contribution in [0.25, 0.3) is 0 Å². The second kappa shape index (κ2) is 31.2. The van der Waals surface area contributed by atoms with Crippen molar-refractivity contribution in [3.05, 3.63) is 35.9 Å². The molecule has 11 amide bonds. The Morgan fingerprint density at radius 3 is 1.43 bits per heavy atom. The first kappa shape index (κ1) is 63.7. The largest absolute Gasteiger partial charge is 0.481 e. The first-order valence-corrected chi connectivity index (χ1v) is 22.9. The molecule has 1 aromatic rings. The summed E-state index contributed by atoms with van der Waals surface area (Å²) in [5, 5.41) is 56.7. The molecule has 1 rings (SSSR count).